The molecule has 1 aliphatic rings. The normalized spacial score (nSPS) is 19.2. The van der Waals surface area contributed by atoms with E-state index in [1.54, 1.807) is 0 Å². The van der Waals surface area contributed by atoms with Crippen LogP contribution in [0.4, 0.5) is 0 Å². The molecule has 21 heavy (non-hydrogen) atoms. The van der Waals surface area contributed by atoms with E-state index in [1.807, 2.05) is 12.1 Å². The van der Waals surface area contributed by atoms with Gasteiger partial charge in [0.2, 0.25) is 0 Å². The van der Waals surface area contributed by atoms with E-state index in [4.69, 9.17) is 4.42 Å². The maximum atomic E-state index is 5.95. The predicted octanol–water partition coefficient (Wildman–Crippen LogP) is 4.33. The van der Waals surface area contributed by atoms with Crippen molar-refractivity contribution in [3.8, 4) is 0 Å². The molecule has 1 saturated heterocycles. The number of rotatable bonds is 5. The third-order valence-corrected chi connectivity index (χ3v) is 4.90. The van der Waals surface area contributed by atoms with E-state index in [0.717, 1.165) is 27.7 Å². The topological polar surface area (TPSA) is 28.4 Å². The van der Waals surface area contributed by atoms with Gasteiger partial charge in [-0.3, -0.25) is 4.90 Å². The van der Waals surface area contributed by atoms with Crippen LogP contribution in [0.15, 0.2) is 33.2 Å². The third-order valence-electron chi connectivity index (χ3n) is 4.41. The summed E-state index contributed by atoms with van der Waals surface area (Å²) in [6, 6.07) is 9.10. The second kappa shape index (κ2) is 6.51. The molecule has 2 heterocycles. The number of hydrogen-bond acceptors (Lipinski definition) is 3. The van der Waals surface area contributed by atoms with Gasteiger partial charge in [-0.25, -0.2) is 0 Å². The summed E-state index contributed by atoms with van der Waals surface area (Å²) in [5, 5.41) is 4.76. The van der Waals surface area contributed by atoms with E-state index in [-0.39, 0.29) is 6.04 Å². The highest BCUT2D eigenvalue weighted by Gasteiger charge is 2.19. The van der Waals surface area contributed by atoms with Crippen molar-refractivity contribution < 1.29 is 4.42 Å². The Bertz CT molecular complexity index is 604. The Kier molecular flexibility index (Phi) is 4.67. The van der Waals surface area contributed by atoms with Gasteiger partial charge < -0.3 is 9.73 Å². The molecule has 3 rings (SSSR count). The fraction of sp³-hybridized carbons (Fsp3) is 0.529. The molecule has 4 heteroatoms. The van der Waals surface area contributed by atoms with Crippen molar-refractivity contribution in [3.05, 3.63) is 34.5 Å². The average Bonchev–Trinajstić information content (AvgIpc) is 3.12. The minimum absolute atomic E-state index is 0.237. The minimum Gasteiger partial charge on any atom is -0.459 e. The molecule has 0 bridgehead atoms. The van der Waals surface area contributed by atoms with Gasteiger partial charge in [0.05, 0.1) is 6.04 Å². The van der Waals surface area contributed by atoms with Gasteiger partial charge in [0.15, 0.2) is 0 Å². The lowest BCUT2D eigenvalue weighted by atomic mass is 10.2. The summed E-state index contributed by atoms with van der Waals surface area (Å²) in [7, 11) is 0. The van der Waals surface area contributed by atoms with Crippen LogP contribution in [0.25, 0.3) is 11.0 Å². The number of nitrogens with zero attached hydrogens (tertiary/aromatic N) is 1. The maximum absolute atomic E-state index is 5.95. The van der Waals surface area contributed by atoms with Crippen molar-refractivity contribution >= 4 is 26.9 Å². The Morgan fingerprint density at radius 1 is 1.24 bits per heavy atom. The molecular formula is C17H23BrN2O. The van der Waals surface area contributed by atoms with Crippen LogP contribution in [-0.2, 0) is 0 Å². The molecule has 0 aliphatic carbocycles. The quantitative estimate of drug-likeness (QED) is 0.869. The first-order chi connectivity index (χ1) is 10.1. The van der Waals surface area contributed by atoms with Crippen LogP contribution in [0.5, 0.6) is 0 Å². The smallest absolute Gasteiger partial charge is 0.134 e. The summed E-state index contributed by atoms with van der Waals surface area (Å²) in [6.45, 7) is 7.97. The molecule has 0 saturated carbocycles. The zero-order valence-electron chi connectivity index (χ0n) is 12.7. The standard InChI is InChI=1S/C17H23BrN2O/c1-12(20-7-3-4-8-20)11-19-13(2)17-10-14-9-15(18)5-6-16(14)21-17/h5-6,9-10,12-13,19H,3-4,7-8,11H2,1-2H3. The first kappa shape index (κ1) is 15.1. The monoisotopic (exact) mass is 350 g/mol. The summed E-state index contributed by atoms with van der Waals surface area (Å²) in [6.07, 6.45) is 2.69. The highest BCUT2D eigenvalue weighted by Crippen LogP contribution is 2.26. The van der Waals surface area contributed by atoms with Crippen LogP contribution in [0.3, 0.4) is 0 Å². The first-order valence-electron chi connectivity index (χ1n) is 7.80. The zero-order valence-corrected chi connectivity index (χ0v) is 14.3. The first-order valence-corrected chi connectivity index (χ1v) is 8.59. The summed E-state index contributed by atoms with van der Waals surface area (Å²) in [4.78, 5) is 2.56. The van der Waals surface area contributed by atoms with Gasteiger partial charge in [-0.05, 0) is 64.0 Å². The van der Waals surface area contributed by atoms with Gasteiger partial charge in [0.1, 0.15) is 11.3 Å². The number of halogens is 1. The Morgan fingerprint density at radius 2 is 2.00 bits per heavy atom. The number of benzene rings is 1. The molecule has 1 fully saturated rings. The fourth-order valence-electron chi connectivity index (χ4n) is 3.01. The van der Waals surface area contributed by atoms with Crippen LogP contribution < -0.4 is 5.32 Å². The molecule has 2 unspecified atom stereocenters. The largest absolute Gasteiger partial charge is 0.459 e. The Morgan fingerprint density at radius 3 is 2.76 bits per heavy atom. The lowest BCUT2D eigenvalue weighted by Gasteiger charge is -2.25. The van der Waals surface area contributed by atoms with E-state index in [2.05, 4.69) is 52.1 Å². The second-order valence-corrected chi connectivity index (χ2v) is 6.97. The molecule has 1 aromatic heterocycles. The zero-order chi connectivity index (χ0) is 14.8. The Balaban J connectivity index is 1.62. The van der Waals surface area contributed by atoms with Crippen molar-refractivity contribution in [2.45, 2.75) is 38.8 Å². The molecule has 0 amide bonds. The molecule has 2 atom stereocenters. The van der Waals surface area contributed by atoms with E-state index in [1.165, 1.54) is 25.9 Å². The minimum atomic E-state index is 0.237. The Hall–Kier alpha value is -0.840. The van der Waals surface area contributed by atoms with Gasteiger partial charge >= 0.3 is 0 Å². The maximum Gasteiger partial charge on any atom is 0.134 e. The van der Waals surface area contributed by atoms with E-state index >= 15 is 0 Å². The summed E-state index contributed by atoms with van der Waals surface area (Å²) in [5.41, 5.74) is 0.953. The van der Waals surface area contributed by atoms with Gasteiger partial charge in [-0.1, -0.05) is 15.9 Å². The van der Waals surface area contributed by atoms with Crippen LogP contribution in [0, 0.1) is 0 Å². The second-order valence-electron chi connectivity index (χ2n) is 6.05. The summed E-state index contributed by atoms with van der Waals surface area (Å²) < 4.78 is 7.03. The Labute approximate surface area is 134 Å². The molecule has 1 aliphatic heterocycles. The lowest BCUT2D eigenvalue weighted by molar-refractivity contribution is 0.244. The lowest BCUT2D eigenvalue weighted by Crippen LogP contribution is -2.39. The average molecular weight is 351 g/mol. The predicted molar refractivity (Wildman–Crippen MR) is 90.6 cm³/mol. The van der Waals surface area contributed by atoms with Gasteiger partial charge in [0, 0.05) is 22.4 Å². The van der Waals surface area contributed by atoms with E-state index in [9.17, 15) is 0 Å². The van der Waals surface area contributed by atoms with Gasteiger partial charge in [-0.15, -0.1) is 0 Å². The van der Waals surface area contributed by atoms with E-state index in [0.29, 0.717) is 6.04 Å². The van der Waals surface area contributed by atoms with Crippen molar-refractivity contribution in [3.63, 3.8) is 0 Å². The molecule has 0 spiro atoms. The number of nitrogens with one attached hydrogen (secondary N) is 1. The molecule has 2 aromatic rings. The van der Waals surface area contributed by atoms with Crippen molar-refractivity contribution in [2.75, 3.05) is 19.6 Å². The van der Waals surface area contributed by atoms with Crippen LogP contribution in [0.1, 0.15) is 38.5 Å². The highest BCUT2D eigenvalue weighted by atomic mass is 79.9. The number of likely N-dealkylation sites (tertiary alicyclic amines) is 1. The molecule has 3 nitrogen and oxygen atoms in total. The molecule has 1 aromatic carbocycles. The number of furan rings is 1. The van der Waals surface area contributed by atoms with Crippen molar-refractivity contribution in [1.82, 2.24) is 10.2 Å². The van der Waals surface area contributed by atoms with E-state index < -0.39 is 0 Å². The van der Waals surface area contributed by atoms with Gasteiger partial charge in [0.25, 0.3) is 0 Å². The van der Waals surface area contributed by atoms with Crippen LogP contribution in [-0.4, -0.2) is 30.6 Å². The van der Waals surface area contributed by atoms with Crippen molar-refractivity contribution in [2.24, 2.45) is 0 Å². The van der Waals surface area contributed by atoms with Gasteiger partial charge in [-0.2, -0.15) is 0 Å². The highest BCUT2D eigenvalue weighted by molar-refractivity contribution is 9.10. The SMILES string of the molecule is CC(NCC(C)N1CCCC1)c1cc2cc(Br)ccc2o1. The number of fused-ring (bicyclic) bond motifs is 1. The number of hydrogen-bond donors (Lipinski definition) is 1. The molecule has 0 radical (unpaired) electrons. The van der Waals surface area contributed by atoms with Crippen LogP contribution in [0.2, 0.25) is 0 Å². The van der Waals surface area contributed by atoms with Crippen LogP contribution >= 0.6 is 15.9 Å². The molecular weight excluding hydrogens is 328 g/mol. The third kappa shape index (κ3) is 3.50. The molecule has 114 valence electrons. The summed E-state index contributed by atoms with van der Waals surface area (Å²) >= 11 is 3.50. The fourth-order valence-corrected chi connectivity index (χ4v) is 3.39. The molecule has 1 N–H and O–H groups in total. The summed E-state index contributed by atoms with van der Waals surface area (Å²) in [5.74, 6) is 1.01. The van der Waals surface area contributed by atoms with Crippen molar-refractivity contribution in [1.29, 1.82) is 0 Å².